The van der Waals surface area contributed by atoms with Crippen molar-refractivity contribution in [1.82, 2.24) is 15.1 Å². The Kier molecular flexibility index (Phi) is 4.48. The van der Waals surface area contributed by atoms with Gasteiger partial charge in [0.15, 0.2) is 0 Å². The van der Waals surface area contributed by atoms with Crippen molar-refractivity contribution in [3.05, 3.63) is 17.0 Å². The van der Waals surface area contributed by atoms with Gasteiger partial charge in [-0.25, -0.2) is 9.48 Å². The Morgan fingerprint density at radius 2 is 1.95 bits per heavy atom. The van der Waals surface area contributed by atoms with E-state index in [1.165, 1.54) is 6.92 Å². The summed E-state index contributed by atoms with van der Waals surface area (Å²) in [4.78, 5) is 23.6. The summed E-state index contributed by atoms with van der Waals surface area (Å²) < 4.78 is 26.1. The summed E-state index contributed by atoms with van der Waals surface area (Å²) in [5, 5.41) is 15.6. The Bertz CT molecular complexity index is 592. The molecular weight excluding hydrogens is 296 g/mol. The van der Waals surface area contributed by atoms with Gasteiger partial charge in [0.25, 0.3) is 0 Å². The molecule has 122 valence electrons. The summed E-state index contributed by atoms with van der Waals surface area (Å²) in [6.45, 7) is 0.254. The highest BCUT2D eigenvalue weighted by molar-refractivity contribution is 5.88. The molecule has 22 heavy (non-hydrogen) atoms. The molecule has 0 spiro atoms. The van der Waals surface area contributed by atoms with E-state index in [2.05, 4.69) is 10.4 Å². The number of hydrogen-bond acceptors (Lipinski definition) is 3. The van der Waals surface area contributed by atoms with E-state index in [1.807, 2.05) is 0 Å². The van der Waals surface area contributed by atoms with Crippen molar-refractivity contribution >= 4 is 11.9 Å². The Morgan fingerprint density at radius 3 is 2.41 bits per heavy atom. The Labute approximate surface area is 126 Å². The Hall–Kier alpha value is -1.99. The second-order valence-corrected chi connectivity index (χ2v) is 5.69. The molecule has 2 N–H and O–H groups in total. The number of nitrogens with zero attached hydrogens (tertiary/aromatic N) is 2. The van der Waals surface area contributed by atoms with Gasteiger partial charge in [0.1, 0.15) is 5.54 Å². The minimum atomic E-state index is -2.77. The molecule has 0 unspecified atom stereocenters. The number of amides is 1. The van der Waals surface area contributed by atoms with Gasteiger partial charge in [-0.1, -0.05) is 12.8 Å². The van der Waals surface area contributed by atoms with Gasteiger partial charge >= 0.3 is 12.5 Å². The number of carboxylic acid groups (broad SMARTS) is 1. The molecule has 1 amide bonds. The van der Waals surface area contributed by atoms with Crippen LogP contribution in [-0.4, -0.2) is 32.3 Å². The van der Waals surface area contributed by atoms with Crippen molar-refractivity contribution in [2.75, 3.05) is 0 Å². The summed E-state index contributed by atoms with van der Waals surface area (Å²) in [5.41, 5.74) is -0.240. The number of aliphatic carboxylic acids is 1. The van der Waals surface area contributed by atoms with E-state index in [4.69, 9.17) is 0 Å². The van der Waals surface area contributed by atoms with Gasteiger partial charge in [0.05, 0.1) is 12.1 Å². The predicted molar refractivity (Wildman–Crippen MR) is 73.6 cm³/mol. The lowest BCUT2D eigenvalue weighted by molar-refractivity contribution is -0.147. The fourth-order valence-electron chi connectivity index (χ4n) is 2.99. The van der Waals surface area contributed by atoms with E-state index in [1.54, 1.807) is 6.92 Å². The monoisotopic (exact) mass is 315 g/mol. The van der Waals surface area contributed by atoms with Crippen LogP contribution in [0.4, 0.5) is 8.78 Å². The van der Waals surface area contributed by atoms with E-state index in [0.29, 0.717) is 28.8 Å². The molecule has 1 fully saturated rings. The molecule has 0 aromatic carbocycles. The van der Waals surface area contributed by atoms with Gasteiger partial charge in [-0.05, 0) is 26.7 Å². The number of halogens is 2. The molecular formula is C14H19F2N3O3. The van der Waals surface area contributed by atoms with Gasteiger partial charge in [0, 0.05) is 11.3 Å². The van der Waals surface area contributed by atoms with Gasteiger partial charge in [-0.2, -0.15) is 13.9 Å². The number of alkyl halides is 2. The zero-order valence-corrected chi connectivity index (χ0v) is 12.5. The lowest BCUT2D eigenvalue weighted by Gasteiger charge is -2.25. The van der Waals surface area contributed by atoms with Crippen LogP contribution in [0.3, 0.4) is 0 Å². The first-order chi connectivity index (χ1) is 10.3. The quantitative estimate of drug-likeness (QED) is 0.870. The fraction of sp³-hybridized carbons (Fsp3) is 0.643. The van der Waals surface area contributed by atoms with E-state index < -0.39 is 24.0 Å². The highest BCUT2D eigenvalue weighted by Crippen LogP contribution is 2.30. The number of rotatable bonds is 5. The molecule has 0 radical (unpaired) electrons. The van der Waals surface area contributed by atoms with Crippen LogP contribution in [0.25, 0.3) is 0 Å². The zero-order chi connectivity index (χ0) is 16.5. The molecule has 8 heteroatoms. The van der Waals surface area contributed by atoms with Gasteiger partial charge in [-0.3, -0.25) is 4.79 Å². The van der Waals surface area contributed by atoms with Gasteiger partial charge in [0.2, 0.25) is 5.91 Å². The summed E-state index contributed by atoms with van der Waals surface area (Å²) in [6.07, 6.45) is 2.12. The fourth-order valence-corrected chi connectivity index (χ4v) is 2.99. The molecule has 1 aliphatic carbocycles. The van der Waals surface area contributed by atoms with Gasteiger partial charge < -0.3 is 10.4 Å². The molecule has 6 nitrogen and oxygen atoms in total. The second kappa shape index (κ2) is 6.02. The summed E-state index contributed by atoms with van der Waals surface area (Å²) in [5.74, 6) is -1.53. The van der Waals surface area contributed by atoms with E-state index in [9.17, 15) is 23.5 Å². The third-order valence-corrected chi connectivity index (χ3v) is 4.24. The molecule has 1 saturated carbocycles. The number of aryl methyl sites for hydroxylation is 1. The molecule has 0 atom stereocenters. The number of hydrogen-bond donors (Lipinski definition) is 2. The predicted octanol–water partition coefficient (Wildman–Crippen LogP) is 1.95. The number of carbonyl (C=O) groups excluding carboxylic acids is 1. The highest BCUT2D eigenvalue weighted by atomic mass is 19.3. The number of aromatic nitrogens is 2. The summed E-state index contributed by atoms with van der Waals surface area (Å²) >= 11 is 0. The smallest absolute Gasteiger partial charge is 0.333 e. The summed E-state index contributed by atoms with van der Waals surface area (Å²) in [7, 11) is 0. The van der Waals surface area contributed by atoms with Crippen LogP contribution in [0.2, 0.25) is 0 Å². The van der Waals surface area contributed by atoms with E-state index in [-0.39, 0.29) is 12.1 Å². The van der Waals surface area contributed by atoms with Crippen molar-refractivity contribution in [2.24, 2.45) is 0 Å². The van der Waals surface area contributed by atoms with E-state index >= 15 is 0 Å². The van der Waals surface area contributed by atoms with Crippen LogP contribution in [0.5, 0.6) is 0 Å². The lowest BCUT2D eigenvalue weighted by atomic mass is 9.97. The minimum Gasteiger partial charge on any atom is -0.480 e. The first kappa shape index (κ1) is 16.4. The maximum Gasteiger partial charge on any atom is 0.333 e. The van der Waals surface area contributed by atoms with Crippen molar-refractivity contribution in [3.63, 3.8) is 0 Å². The zero-order valence-electron chi connectivity index (χ0n) is 12.5. The van der Waals surface area contributed by atoms with Crippen molar-refractivity contribution < 1.29 is 23.5 Å². The minimum absolute atomic E-state index is 0.153. The van der Waals surface area contributed by atoms with Crippen LogP contribution in [0, 0.1) is 13.8 Å². The molecule has 2 rings (SSSR count). The standard InChI is InChI=1S/C14H19F2N3O3/c1-8-10(9(2)19(18-8)13(15)16)7-11(20)17-14(12(21)22)5-3-4-6-14/h13H,3-7H2,1-2H3,(H,17,20)(H,21,22). The normalized spacial score (nSPS) is 17.0. The second-order valence-electron chi connectivity index (χ2n) is 5.69. The molecule has 0 saturated heterocycles. The molecule has 0 aliphatic heterocycles. The van der Waals surface area contributed by atoms with Gasteiger partial charge in [-0.15, -0.1) is 0 Å². The van der Waals surface area contributed by atoms with Crippen LogP contribution in [0.1, 0.15) is 49.2 Å². The number of nitrogens with one attached hydrogen (secondary N) is 1. The number of carboxylic acids is 1. The lowest BCUT2D eigenvalue weighted by Crippen LogP contribution is -2.53. The topological polar surface area (TPSA) is 84.2 Å². The van der Waals surface area contributed by atoms with Crippen molar-refractivity contribution in [3.8, 4) is 0 Å². The average Bonchev–Trinajstić information content (AvgIpc) is 2.99. The Balaban J connectivity index is 2.14. The van der Waals surface area contributed by atoms with Crippen LogP contribution in [0.15, 0.2) is 0 Å². The molecule has 1 aliphatic rings. The van der Waals surface area contributed by atoms with Crippen molar-refractivity contribution in [2.45, 2.75) is 58.0 Å². The Morgan fingerprint density at radius 1 is 1.36 bits per heavy atom. The third-order valence-electron chi connectivity index (χ3n) is 4.24. The number of carbonyl (C=O) groups is 2. The SMILES string of the molecule is Cc1nn(C(F)F)c(C)c1CC(=O)NC1(C(=O)O)CCCC1. The molecule has 1 aromatic heterocycles. The molecule has 0 bridgehead atoms. The maximum atomic E-state index is 12.8. The van der Waals surface area contributed by atoms with Crippen molar-refractivity contribution in [1.29, 1.82) is 0 Å². The first-order valence-corrected chi connectivity index (χ1v) is 7.14. The molecule has 1 aromatic rings. The molecule has 1 heterocycles. The largest absolute Gasteiger partial charge is 0.480 e. The average molecular weight is 315 g/mol. The highest BCUT2D eigenvalue weighted by Gasteiger charge is 2.42. The maximum absolute atomic E-state index is 12.8. The first-order valence-electron chi connectivity index (χ1n) is 7.14. The van der Waals surface area contributed by atoms with Crippen LogP contribution in [-0.2, 0) is 16.0 Å². The van der Waals surface area contributed by atoms with E-state index in [0.717, 1.165) is 12.8 Å². The van der Waals surface area contributed by atoms with Crippen LogP contribution < -0.4 is 5.32 Å². The summed E-state index contributed by atoms with van der Waals surface area (Å²) in [6, 6.07) is 0. The third kappa shape index (κ3) is 2.95. The van der Waals surface area contributed by atoms with Crippen LogP contribution >= 0.6 is 0 Å².